The van der Waals surface area contributed by atoms with Crippen molar-refractivity contribution < 1.29 is 14.7 Å². The molecule has 1 heterocycles. The summed E-state index contributed by atoms with van der Waals surface area (Å²) in [5, 5.41) is 17.6. The second-order valence-corrected chi connectivity index (χ2v) is 9.17. The molecule has 0 radical (unpaired) electrons. The van der Waals surface area contributed by atoms with Crippen LogP contribution in [-0.4, -0.2) is 32.8 Å². The normalized spacial score (nSPS) is 27.5. The number of amides is 1. The van der Waals surface area contributed by atoms with Gasteiger partial charge in [-0.1, -0.05) is 36.8 Å². The van der Waals surface area contributed by atoms with Crippen LogP contribution >= 0.6 is 0 Å². The van der Waals surface area contributed by atoms with Crippen LogP contribution in [0.1, 0.15) is 65.8 Å². The molecular formula is C24H29N3O3. The van der Waals surface area contributed by atoms with Crippen molar-refractivity contribution in [2.24, 2.45) is 17.8 Å². The van der Waals surface area contributed by atoms with Crippen LogP contribution in [0.2, 0.25) is 0 Å². The van der Waals surface area contributed by atoms with Crippen molar-refractivity contribution in [2.45, 2.75) is 64.0 Å². The zero-order valence-corrected chi connectivity index (χ0v) is 17.2. The zero-order chi connectivity index (χ0) is 20.7. The van der Waals surface area contributed by atoms with Gasteiger partial charge < -0.3 is 10.4 Å². The van der Waals surface area contributed by atoms with Crippen molar-refractivity contribution in [2.75, 3.05) is 0 Å². The van der Waals surface area contributed by atoms with E-state index in [2.05, 4.69) is 17.4 Å². The van der Waals surface area contributed by atoms with E-state index in [4.69, 9.17) is 5.10 Å². The molecular weight excluding hydrogens is 378 g/mol. The van der Waals surface area contributed by atoms with Gasteiger partial charge in [-0.05, 0) is 62.3 Å². The van der Waals surface area contributed by atoms with E-state index in [1.54, 1.807) is 0 Å². The number of carboxylic acid groups (broad SMARTS) is 1. The van der Waals surface area contributed by atoms with E-state index in [1.165, 1.54) is 5.69 Å². The van der Waals surface area contributed by atoms with Crippen molar-refractivity contribution >= 4 is 11.9 Å². The topological polar surface area (TPSA) is 84.2 Å². The Morgan fingerprint density at radius 3 is 2.63 bits per heavy atom. The number of carbonyl (C=O) groups is 2. The summed E-state index contributed by atoms with van der Waals surface area (Å²) in [6.07, 6.45) is 8.05. The summed E-state index contributed by atoms with van der Waals surface area (Å²) in [7, 11) is 0. The molecule has 158 valence electrons. The number of carbonyl (C=O) groups excluding carboxylic acids is 1. The minimum absolute atomic E-state index is 0.191. The van der Waals surface area contributed by atoms with Crippen LogP contribution in [0.15, 0.2) is 30.3 Å². The van der Waals surface area contributed by atoms with Gasteiger partial charge in [-0.2, -0.15) is 5.10 Å². The maximum absolute atomic E-state index is 13.3. The largest absolute Gasteiger partial charge is 0.481 e. The quantitative estimate of drug-likeness (QED) is 0.744. The minimum Gasteiger partial charge on any atom is -0.481 e. The molecule has 5 rings (SSSR count). The van der Waals surface area contributed by atoms with Crippen LogP contribution < -0.4 is 5.32 Å². The van der Waals surface area contributed by atoms with Crippen LogP contribution in [0.25, 0.3) is 0 Å². The molecule has 0 saturated heterocycles. The third-order valence-electron chi connectivity index (χ3n) is 7.40. The van der Waals surface area contributed by atoms with Crippen molar-refractivity contribution in [3.8, 4) is 0 Å². The van der Waals surface area contributed by atoms with Gasteiger partial charge in [0.2, 0.25) is 0 Å². The van der Waals surface area contributed by atoms with Crippen LogP contribution in [-0.2, 0) is 24.2 Å². The second kappa shape index (κ2) is 7.89. The van der Waals surface area contributed by atoms with Gasteiger partial charge in [0.25, 0.3) is 5.91 Å². The zero-order valence-electron chi connectivity index (χ0n) is 17.2. The first-order valence-corrected chi connectivity index (χ1v) is 11.3. The molecule has 1 amide bonds. The molecule has 3 aliphatic rings. The first-order valence-electron chi connectivity index (χ1n) is 11.3. The molecule has 2 fully saturated rings. The third-order valence-corrected chi connectivity index (χ3v) is 7.40. The summed E-state index contributed by atoms with van der Waals surface area (Å²) in [6, 6.07) is 9.93. The highest BCUT2D eigenvalue weighted by Crippen LogP contribution is 2.48. The van der Waals surface area contributed by atoms with E-state index in [0.717, 1.165) is 62.5 Å². The van der Waals surface area contributed by atoms with Gasteiger partial charge in [0.15, 0.2) is 5.69 Å². The van der Waals surface area contributed by atoms with E-state index in [1.807, 2.05) is 22.9 Å². The Labute approximate surface area is 176 Å². The molecule has 2 aromatic rings. The number of aliphatic carboxylic acids is 1. The molecule has 1 aromatic heterocycles. The lowest BCUT2D eigenvalue weighted by Gasteiger charge is -2.28. The minimum atomic E-state index is -0.777. The molecule has 2 saturated carbocycles. The SMILES string of the molecule is O=C(N[C@H]1C2CCC(C2)[C@H]1C(=O)O)c1nn(Cc2ccccc2)c2c1CCCCC2. The Morgan fingerprint density at radius 1 is 1.07 bits per heavy atom. The van der Waals surface area contributed by atoms with Gasteiger partial charge >= 0.3 is 5.97 Å². The van der Waals surface area contributed by atoms with Crippen LogP contribution in [0, 0.1) is 17.8 Å². The predicted molar refractivity (Wildman–Crippen MR) is 112 cm³/mol. The fraction of sp³-hybridized carbons (Fsp3) is 0.542. The highest BCUT2D eigenvalue weighted by molar-refractivity contribution is 5.94. The van der Waals surface area contributed by atoms with Crippen LogP contribution in [0.4, 0.5) is 0 Å². The number of fused-ring (bicyclic) bond motifs is 3. The first kappa shape index (κ1) is 19.3. The lowest BCUT2D eigenvalue weighted by atomic mass is 9.84. The van der Waals surface area contributed by atoms with Crippen molar-refractivity contribution in [1.29, 1.82) is 0 Å². The number of carboxylic acids is 1. The monoisotopic (exact) mass is 407 g/mol. The smallest absolute Gasteiger partial charge is 0.308 e. The molecule has 3 aliphatic carbocycles. The molecule has 2 N–H and O–H groups in total. The van der Waals surface area contributed by atoms with Gasteiger partial charge in [-0.15, -0.1) is 0 Å². The molecule has 1 aromatic carbocycles. The highest BCUT2D eigenvalue weighted by Gasteiger charge is 2.51. The number of nitrogens with zero attached hydrogens (tertiary/aromatic N) is 2. The number of aromatic nitrogens is 2. The van der Waals surface area contributed by atoms with Crippen molar-refractivity contribution in [1.82, 2.24) is 15.1 Å². The second-order valence-electron chi connectivity index (χ2n) is 9.17. The number of nitrogens with one attached hydrogen (secondary N) is 1. The maximum Gasteiger partial charge on any atom is 0.308 e. The summed E-state index contributed by atoms with van der Waals surface area (Å²) in [5.74, 6) is -0.946. The van der Waals surface area contributed by atoms with Crippen LogP contribution in [0.3, 0.4) is 0 Å². The third kappa shape index (κ3) is 3.42. The van der Waals surface area contributed by atoms with Crippen molar-refractivity contribution in [3.63, 3.8) is 0 Å². The average Bonchev–Trinajstić information content (AvgIpc) is 3.37. The Balaban J connectivity index is 1.43. The Kier molecular flexibility index (Phi) is 5.09. The van der Waals surface area contributed by atoms with Gasteiger partial charge in [-0.25, -0.2) is 0 Å². The fourth-order valence-electron chi connectivity index (χ4n) is 5.99. The van der Waals surface area contributed by atoms with Gasteiger partial charge in [0, 0.05) is 17.3 Å². The Hall–Kier alpha value is -2.63. The molecule has 2 unspecified atom stereocenters. The molecule has 0 spiro atoms. The summed E-state index contributed by atoms with van der Waals surface area (Å²) in [6.45, 7) is 0.655. The molecule has 30 heavy (non-hydrogen) atoms. The first-order chi connectivity index (χ1) is 14.6. The highest BCUT2D eigenvalue weighted by atomic mass is 16.4. The predicted octanol–water partition coefficient (Wildman–Crippen LogP) is 3.43. The Morgan fingerprint density at radius 2 is 1.83 bits per heavy atom. The molecule has 6 heteroatoms. The Bertz CT molecular complexity index is 952. The summed E-state index contributed by atoms with van der Waals surface area (Å²) < 4.78 is 2.00. The fourth-order valence-corrected chi connectivity index (χ4v) is 5.99. The van der Waals surface area contributed by atoms with E-state index in [-0.39, 0.29) is 23.8 Å². The number of hydrogen-bond donors (Lipinski definition) is 2. The lowest BCUT2D eigenvalue weighted by Crippen LogP contribution is -2.47. The van der Waals surface area contributed by atoms with Gasteiger partial charge in [-0.3, -0.25) is 14.3 Å². The molecule has 4 atom stereocenters. The van der Waals surface area contributed by atoms with E-state index < -0.39 is 11.9 Å². The van der Waals surface area contributed by atoms with Crippen molar-refractivity contribution in [3.05, 3.63) is 52.8 Å². The number of hydrogen-bond acceptors (Lipinski definition) is 3. The molecule has 0 aliphatic heterocycles. The average molecular weight is 408 g/mol. The standard InChI is InChI=1S/C24H29N3O3/c28-23(25-21-17-12-11-16(13-17)20(21)24(29)30)22-18-9-5-2-6-10-19(18)27(26-22)14-15-7-3-1-4-8-15/h1,3-4,7-8,16-17,20-21H,2,5-6,9-14H2,(H,25,28)(H,29,30)/t16?,17?,20-,21+/m1/s1. The molecule has 6 nitrogen and oxygen atoms in total. The van der Waals surface area contributed by atoms with Gasteiger partial charge in [0.1, 0.15) is 0 Å². The van der Waals surface area contributed by atoms with E-state index >= 15 is 0 Å². The van der Waals surface area contributed by atoms with E-state index in [9.17, 15) is 14.7 Å². The number of benzene rings is 1. The summed E-state index contributed by atoms with van der Waals surface area (Å²) in [4.78, 5) is 25.1. The maximum atomic E-state index is 13.3. The van der Waals surface area contributed by atoms with E-state index in [0.29, 0.717) is 12.2 Å². The summed E-state index contributed by atoms with van der Waals surface area (Å²) in [5.41, 5.74) is 3.91. The molecule has 2 bridgehead atoms. The summed E-state index contributed by atoms with van der Waals surface area (Å²) >= 11 is 0. The lowest BCUT2D eigenvalue weighted by molar-refractivity contribution is -0.144. The van der Waals surface area contributed by atoms with Gasteiger partial charge in [0.05, 0.1) is 12.5 Å². The van der Waals surface area contributed by atoms with Crippen LogP contribution in [0.5, 0.6) is 0 Å². The number of rotatable bonds is 5.